The molecule has 2 saturated heterocycles. The highest BCUT2D eigenvalue weighted by Crippen LogP contribution is 2.36. The predicted molar refractivity (Wildman–Crippen MR) is 242 cm³/mol. The third-order valence-electron chi connectivity index (χ3n) is 13.0. The summed E-state index contributed by atoms with van der Waals surface area (Å²) in [5, 5.41) is 7.08. The Kier molecular flexibility index (Phi) is 14.4. The van der Waals surface area contributed by atoms with E-state index >= 15 is 4.39 Å². The maximum Gasteiger partial charge on any atom is 0.317 e. The van der Waals surface area contributed by atoms with E-state index < -0.39 is 21.7 Å². The molecule has 4 atom stereocenters. The molecule has 3 aromatic heterocycles. The van der Waals surface area contributed by atoms with Gasteiger partial charge in [-0.3, -0.25) is 14.8 Å². The average molecular weight is 917 g/mol. The number of hydrogen-bond acceptors (Lipinski definition) is 9. The van der Waals surface area contributed by atoms with Crippen molar-refractivity contribution in [1.82, 2.24) is 39.0 Å². The van der Waals surface area contributed by atoms with Crippen molar-refractivity contribution in [2.45, 2.75) is 114 Å². The van der Waals surface area contributed by atoms with Crippen LogP contribution in [0.25, 0.3) is 22.2 Å². The first-order valence-electron chi connectivity index (χ1n) is 22.6. The van der Waals surface area contributed by atoms with Crippen molar-refractivity contribution in [3.05, 3.63) is 95.4 Å². The Morgan fingerprint density at radius 3 is 2.23 bits per heavy atom. The second-order valence-corrected chi connectivity index (χ2v) is 20.0. The monoisotopic (exact) mass is 915 g/mol. The molecule has 2 aliphatic heterocycles. The van der Waals surface area contributed by atoms with E-state index in [0.717, 1.165) is 105 Å². The van der Waals surface area contributed by atoms with E-state index in [1.54, 1.807) is 24.5 Å². The average Bonchev–Trinajstić information content (AvgIpc) is 4.08. The molecule has 5 heterocycles. The van der Waals surface area contributed by atoms with Crippen molar-refractivity contribution in [3.8, 4) is 11.3 Å². The van der Waals surface area contributed by atoms with Crippen LogP contribution in [-0.4, -0.2) is 92.3 Å². The number of anilines is 1. The van der Waals surface area contributed by atoms with Gasteiger partial charge in [-0.15, -0.1) is 0 Å². The SMILES string of the molecule is Cc1ccc(S(=O)(=O)n2cc(-c3cncc(N[C@@H]4CCC[C@H](NC(=O)N5CCCC5)C4)n3)c3cc(F)cc(F)c32)cc1.O=C(C[C@@H]1CCC[C@H](Cc2cncc(Cl)n2)C1)N1CCCC1. The van der Waals surface area contributed by atoms with E-state index in [9.17, 15) is 22.4 Å². The van der Waals surface area contributed by atoms with E-state index in [2.05, 4.69) is 30.6 Å². The van der Waals surface area contributed by atoms with Gasteiger partial charge in [0, 0.05) is 74.1 Å². The van der Waals surface area contributed by atoms with Gasteiger partial charge in [0.05, 0.1) is 34.9 Å². The number of hydrogen-bond donors (Lipinski definition) is 2. The number of halogens is 3. The summed E-state index contributed by atoms with van der Waals surface area (Å²) in [5.41, 5.74) is 2.08. The zero-order valence-corrected chi connectivity index (χ0v) is 37.8. The molecule has 3 amide bonds. The number of nitrogens with zero attached hydrogens (tertiary/aromatic N) is 7. The second kappa shape index (κ2) is 20.3. The lowest BCUT2D eigenvalue weighted by molar-refractivity contribution is -0.131. The van der Waals surface area contributed by atoms with Gasteiger partial charge >= 0.3 is 6.03 Å². The predicted octanol–water partition coefficient (Wildman–Crippen LogP) is 8.94. The molecule has 2 aromatic carbocycles. The lowest BCUT2D eigenvalue weighted by Gasteiger charge is -2.31. The Morgan fingerprint density at radius 2 is 1.48 bits per heavy atom. The zero-order valence-electron chi connectivity index (χ0n) is 36.2. The minimum absolute atomic E-state index is 0.0172. The Morgan fingerprint density at radius 1 is 0.797 bits per heavy atom. The van der Waals surface area contributed by atoms with Gasteiger partial charge in [0.15, 0.2) is 5.82 Å². The molecule has 2 saturated carbocycles. The Balaban J connectivity index is 0.000000214. The number of rotatable bonds is 10. The zero-order chi connectivity index (χ0) is 44.8. The molecule has 0 unspecified atom stereocenters. The fourth-order valence-electron chi connectivity index (χ4n) is 9.77. The van der Waals surface area contributed by atoms with Crippen LogP contribution in [0.5, 0.6) is 0 Å². The largest absolute Gasteiger partial charge is 0.366 e. The number of amides is 3. The van der Waals surface area contributed by atoms with E-state index in [1.807, 2.05) is 22.9 Å². The first-order valence-corrected chi connectivity index (χ1v) is 24.4. The van der Waals surface area contributed by atoms with Crippen LogP contribution in [0.4, 0.5) is 19.4 Å². The van der Waals surface area contributed by atoms with Crippen molar-refractivity contribution in [2.24, 2.45) is 11.8 Å². The molecule has 64 heavy (non-hydrogen) atoms. The highest BCUT2D eigenvalue weighted by molar-refractivity contribution is 7.90. The molecule has 0 spiro atoms. The summed E-state index contributed by atoms with van der Waals surface area (Å²) in [5.74, 6) is 0.127. The maximum atomic E-state index is 15.2. The quantitative estimate of drug-likeness (QED) is 0.140. The second-order valence-electron chi connectivity index (χ2n) is 17.8. The van der Waals surface area contributed by atoms with Gasteiger partial charge in [0.2, 0.25) is 5.91 Å². The molecule has 0 radical (unpaired) electrons. The topological polar surface area (TPSA) is 155 Å². The van der Waals surface area contributed by atoms with Gasteiger partial charge in [-0.05, 0) is 108 Å². The van der Waals surface area contributed by atoms with Crippen LogP contribution in [0, 0.1) is 30.4 Å². The number of likely N-dealkylation sites (tertiary alicyclic amines) is 2. The minimum atomic E-state index is -4.21. The molecule has 9 rings (SSSR count). The van der Waals surface area contributed by atoms with Gasteiger partial charge in [-0.25, -0.2) is 35.9 Å². The summed E-state index contributed by atoms with van der Waals surface area (Å²) in [7, 11) is -4.21. The van der Waals surface area contributed by atoms with Gasteiger partial charge in [0.1, 0.15) is 22.3 Å². The third-order valence-corrected chi connectivity index (χ3v) is 14.8. The summed E-state index contributed by atoms with van der Waals surface area (Å²) in [6.07, 6.45) is 21.9. The number of fused-ring (bicyclic) bond motifs is 1. The van der Waals surface area contributed by atoms with Crippen molar-refractivity contribution in [3.63, 3.8) is 0 Å². The van der Waals surface area contributed by atoms with Crippen LogP contribution in [0.2, 0.25) is 5.15 Å². The van der Waals surface area contributed by atoms with Gasteiger partial charge in [-0.2, -0.15) is 0 Å². The maximum absolute atomic E-state index is 15.2. The van der Waals surface area contributed by atoms with Gasteiger partial charge < -0.3 is 20.4 Å². The van der Waals surface area contributed by atoms with Crippen molar-refractivity contribution in [2.75, 3.05) is 31.5 Å². The fraction of sp³-hybridized carbons (Fsp3) is 0.489. The van der Waals surface area contributed by atoms with Crippen LogP contribution >= 0.6 is 11.6 Å². The molecule has 0 bridgehead atoms. The summed E-state index contributed by atoms with van der Waals surface area (Å²) >= 11 is 5.91. The lowest BCUT2D eigenvalue weighted by atomic mass is 9.78. The Labute approximate surface area is 378 Å². The summed E-state index contributed by atoms with van der Waals surface area (Å²) in [6, 6.07) is 8.04. The third kappa shape index (κ3) is 11.0. The number of nitrogens with one attached hydrogen (secondary N) is 2. The van der Waals surface area contributed by atoms with Crippen molar-refractivity contribution < 1.29 is 26.8 Å². The number of carbonyl (C=O) groups is 2. The molecule has 4 aliphatic rings. The number of carbonyl (C=O) groups excluding carboxylic acids is 2. The molecule has 2 aliphatic carbocycles. The van der Waals surface area contributed by atoms with Crippen LogP contribution in [0.1, 0.15) is 94.7 Å². The fourth-order valence-corrected chi connectivity index (χ4v) is 11.3. The minimum Gasteiger partial charge on any atom is -0.366 e. The summed E-state index contributed by atoms with van der Waals surface area (Å²) in [6.45, 7) is 5.35. The number of urea groups is 1. The van der Waals surface area contributed by atoms with E-state index in [1.165, 1.54) is 56.6 Å². The molecule has 340 valence electrons. The van der Waals surface area contributed by atoms with E-state index in [0.29, 0.717) is 34.8 Å². The van der Waals surface area contributed by atoms with E-state index in [-0.39, 0.29) is 45.2 Å². The van der Waals surface area contributed by atoms with Crippen LogP contribution in [-0.2, 0) is 21.2 Å². The highest BCUT2D eigenvalue weighted by atomic mass is 35.5. The number of aryl methyl sites for hydroxylation is 1. The van der Waals surface area contributed by atoms with Crippen molar-refractivity contribution in [1.29, 1.82) is 0 Å². The van der Waals surface area contributed by atoms with Gasteiger partial charge in [-0.1, -0.05) is 42.1 Å². The molecular weight excluding hydrogens is 860 g/mol. The van der Waals surface area contributed by atoms with Crippen LogP contribution in [0.15, 0.2) is 72.3 Å². The van der Waals surface area contributed by atoms with E-state index in [4.69, 9.17) is 11.6 Å². The van der Waals surface area contributed by atoms with Crippen molar-refractivity contribution >= 4 is 50.3 Å². The smallest absolute Gasteiger partial charge is 0.317 e. The number of aromatic nitrogens is 5. The first kappa shape index (κ1) is 45.4. The molecule has 17 heteroatoms. The molecule has 5 aromatic rings. The number of benzene rings is 2. The Bertz CT molecular complexity index is 2550. The Hall–Kier alpha value is -5.22. The molecule has 2 N–H and O–H groups in total. The summed E-state index contributed by atoms with van der Waals surface area (Å²) < 4.78 is 57.6. The first-order chi connectivity index (χ1) is 30.9. The van der Waals surface area contributed by atoms with Gasteiger partial charge in [0.25, 0.3) is 10.0 Å². The standard InChI is InChI=1S/C30H32F2N6O3S.C17H24ClN3O/c1-19-7-9-23(10-8-19)42(40,41)38-18-25(24-13-20(31)14-26(32)29(24)38)27-16-33-17-28(36-27)34-21-5-4-6-22(15-21)35-30(39)37-11-2-3-12-37;18-16-12-19-11-15(20-16)9-13-4-3-5-14(8-13)10-17(22)21-6-1-2-7-21/h7-10,13-14,16-18,21-22H,2-6,11-12,15H2,1H3,(H,34,36)(H,35,39);11-14H,1-10H2/t21-,22+;13-,14+/m10/s1. The molecule has 13 nitrogen and oxygen atoms in total. The lowest BCUT2D eigenvalue weighted by Crippen LogP contribution is -2.47. The highest BCUT2D eigenvalue weighted by Gasteiger charge is 2.30. The van der Waals surface area contributed by atoms with Crippen LogP contribution < -0.4 is 10.6 Å². The normalized spacial score (nSPS) is 21.4. The molecular formula is C47H56ClF2N9O4S. The summed E-state index contributed by atoms with van der Waals surface area (Å²) in [4.78, 5) is 46.2. The molecule has 4 fully saturated rings. The van der Waals surface area contributed by atoms with Crippen LogP contribution in [0.3, 0.4) is 0 Å².